The number of anilines is 1. The fraction of sp³-hybridized carbons (Fsp3) is 0.318. The minimum Gasteiger partial charge on any atom is -0.462 e. The molecule has 9 nitrogen and oxygen atoms in total. The van der Waals surface area contributed by atoms with E-state index in [1.165, 1.54) is 19.2 Å². The van der Waals surface area contributed by atoms with Gasteiger partial charge in [0.15, 0.2) is 6.04 Å². The van der Waals surface area contributed by atoms with E-state index in [0.29, 0.717) is 0 Å². The number of carbonyl (C=O) groups excluding carboxylic acids is 3. The summed E-state index contributed by atoms with van der Waals surface area (Å²) in [5.41, 5.74) is 0.391. The predicted molar refractivity (Wildman–Crippen MR) is 115 cm³/mol. The summed E-state index contributed by atoms with van der Waals surface area (Å²) in [6.45, 7) is 3.04. The summed E-state index contributed by atoms with van der Waals surface area (Å²) < 4.78 is 31.4. The predicted octanol–water partition coefficient (Wildman–Crippen LogP) is 3.06. The van der Waals surface area contributed by atoms with E-state index in [2.05, 4.69) is 0 Å². The van der Waals surface area contributed by atoms with E-state index in [0.717, 1.165) is 9.80 Å². The topological polar surface area (TPSA) is 102 Å². The van der Waals surface area contributed by atoms with Crippen LogP contribution in [0.15, 0.2) is 54.6 Å². The Balaban J connectivity index is 2.03. The number of nitrogens with zero attached hydrogens (tertiary/aromatic N) is 2. The molecule has 0 bridgehead atoms. The molecule has 3 amide bonds. The minimum atomic E-state index is -4.45. The smallest absolute Gasteiger partial charge is 0.386 e. The van der Waals surface area contributed by atoms with Crippen LogP contribution in [0.5, 0.6) is 5.75 Å². The molecule has 0 N–H and O–H groups in total. The van der Waals surface area contributed by atoms with Crippen molar-refractivity contribution < 1.29 is 32.7 Å². The fourth-order valence-electron chi connectivity index (χ4n) is 4.12. The third-order valence-corrected chi connectivity index (χ3v) is 7.98. The van der Waals surface area contributed by atoms with E-state index in [-0.39, 0.29) is 30.2 Å². The van der Waals surface area contributed by atoms with Crippen LogP contribution < -0.4 is 9.64 Å². The van der Waals surface area contributed by atoms with Gasteiger partial charge < -0.3 is 18.7 Å². The zero-order chi connectivity index (χ0) is 23.1. The molecule has 2 aromatic carbocycles. The van der Waals surface area contributed by atoms with Gasteiger partial charge in [0, 0.05) is 7.05 Å². The van der Waals surface area contributed by atoms with Crippen molar-refractivity contribution in [3.8, 4) is 5.75 Å². The molecule has 0 saturated carbocycles. The maximum Gasteiger partial charge on any atom is 0.386 e. The molecule has 2 aliphatic rings. The molecule has 1 fully saturated rings. The van der Waals surface area contributed by atoms with Gasteiger partial charge in [0.05, 0.1) is 24.5 Å². The van der Waals surface area contributed by atoms with Gasteiger partial charge in [-0.1, -0.05) is 30.3 Å². The lowest BCUT2D eigenvalue weighted by atomic mass is 10.1. The molecule has 0 aromatic heterocycles. The molecular formula is C22H23N2O7P. The second kappa shape index (κ2) is 8.16. The first-order valence-electron chi connectivity index (χ1n) is 10.2. The third kappa shape index (κ3) is 3.00. The molecule has 2 aromatic rings. The van der Waals surface area contributed by atoms with Crippen LogP contribution in [-0.4, -0.2) is 54.3 Å². The number of amides is 3. The maximum atomic E-state index is 14.2. The molecule has 0 aliphatic carbocycles. The molecule has 32 heavy (non-hydrogen) atoms. The molecule has 2 heterocycles. The van der Waals surface area contributed by atoms with Crippen LogP contribution in [0, 0.1) is 0 Å². The first-order chi connectivity index (χ1) is 15.3. The summed E-state index contributed by atoms with van der Waals surface area (Å²) >= 11 is 0. The van der Waals surface area contributed by atoms with Crippen LogP contribution in [0.4, 0.5) is 5.69 Å². The van der Waals surface area contributed by atoms with Gasteiger partial charge >= 0.3 is 12.9 Å². The Hall–Kier alpha value is -3.00. The van der Waals surface area contributed by atoms with Crippen molar-refractivity contribution in [3.63, 3.8) is 0 Å². The molecule has 168 valence electrons. The van der Waals surface area contributed by atoms with Gasteiger partial charge in [-0.3, -0.25) is 18.9 Å². The summed E-state index contributed by atoms with van der Waals surface area (Å²) in [7, 11) is -3.08. The van der Waals surface area contributed by atoms with E-state index in [1.807, 2.05) is 0 Å². The largest absolute Gasteiger partial charge is 0.462 e. The van der Waals surface area contributed by atoms with Gasteiger partial charge in [0.2, 0.25) is 0 Å². The van der Waals surface area contributed by atoms with Gasteiger partial charge in [0.25, 0.3) is 17.7 Å². The number of imide groups is 1. The number of carbonyl (C=O) groups is 3. The standard InChI is InChI=1S/C22H23N2O7P/c1-4-29-32(28,30-5-2)22-18(20(26)24(21(22)27)15-11-7-6-8-12-15)23(3)19(25)16-13-9-10-14-17(16)31-22/h6-14,18H,4-5H2,1-3H3. The highest BCUT2D eigenvalue weighted by Crippen LogP contribution is 2.66. The SMILES string of the molecule is CCOP(=O)(OCC)C12Oc3ccccc3C(=O)N(C)C1C(=O)N(c1ccccc1)C2=O. The van der Waals surface area contributed by atoms with Gasteiger partial charge in [-0.2, -0.15) is 0 Å². The average molecular weight is 458 g/mol. The number of benzene rings is 2. The summed E-state index contributed by atoms with van der Waals surface area (Å²) in [5.74, 6) is -2.21. The van der Waals surface area contributed by atoms with E-state index >= 15 is 0 Å². The quantitative estimate of drug-likeness (QED) is 0.484. The van der Waals surface area contributed by atoms with Crippen molar-refractivity contribution in [3.05, 3.63) is 60.2 Å². The summed E-state index contributed by atoms with van der Waals surface area (Å²) in [5, 5.41) is -2.41. The van der Waals surface area contributed by atoms with Crippen LogP contribution in [0.3, 0.4) is 0 Å². The first kappa shape index (κ1) is 22.2. The lowest BCUT2D eigenvalue weighted by Gasteiger charge is -2.37. The Kier molecular flexibility index (Phi) is 5.67. The molecular weight excluding hydrogens is 435 g/mol. The van der Waals surface area contributed by atoms with Crippen LogP contribution >= 0.6 is 7.60 Å². The number of likely N-dealkylation sites (N-methyl/N-ethyl adjacent to an activating group) is 1. The number of hydrogen-bond acceptors (Lipinski definition) is 7. The number of rotatable bonds is 6. The van der Waals surface area contributed by atoms with E-state index in [1.54, 1.807) is 56.3 Å². The Labute approximate surface area is 185 Å². The summed E-state index contributed by atoms with van der Waals surface area (Å²) in [6.07, 6.45) is 0. The van der Waals surface area contributed by atoms with E-state index < -0.39 is 36.7 Å². The molecule has 1 saturated heterocycles. The van der Waals surface area contributed by atoms with Crippen molar-refractivity contribution in [2.24, 2.45) is 0 Å². The fourth-order valence-corrected chi connectivity index (χ4v) is 6.38. The van der Waals surface area contributed by atoms with Crippen LogP contribution in [-0.2, 0) is 23.2 Å². The van der Waals surface area contributed by atoms with Crippen molar-refractivity contribution in [1.82, 2.24) is 4.90 Å². The third-order valence-electron chi connectivity index (χ3n) is 5.44. The zero-order valence-corrected chi connectivity index (χ0v) is 18.8. The van der Waals surface area contributed by atoms with Crippen molar-refractivity contribution in [2.45, 2.75) is 25.2 Å². The first-order valence-corrected chi connectivity index (χ1v) is 11.7. The minimum absolute atomic E-state index is 0.0162. The van der Waals surface area contributed by atoms with Crippen molar-refractivity contribution >= 4 is 31.0 Å². The summed E-state index contributed by atoms with van der Waals surface area (Å²) in [4.78, 5) is 42.9. The highest BCUT2D eigenvalue weighted by atomic mass is 31.2. The molecule has 10 heteroatoms. The lowest BCUT2D eigenvalue weighted by Crippen LogP contribution is -2.57. The summed E-state index contributed by atoms with van der Waals surface area (Å²) in [6, 6.07) is 12.9. The second-order valence-corrected chi connectivity index (χ2v) is 9.44. The highest BCUT2D eigenvalue weighted by Gasteiger charge is 2.76. The van der Waals surface area contributed by atoms with Crippen LogP contribution in [0.25, 0.3) is 0 Å². The number of para-hydroxylation sites is 2. The second-order valence-electron chi connectivity index (χ2n) is 7.26. The maximum absolute atomic E-state index is 14.2. The normalized spacial score (nSPS) is 23.0. The molecule has 0 spiro atoms. The van der Waals surface area contributed by atoms with Crippen LogP contribution in [0.2, 0.25) is 0 Å². The Morgan fingerprint density at radius 1 is 0.969 bits per heavy atom. The Morgan fingerprint density at radius 3 is 2.19 bits per heavy atom. The van der Waals surface area contributed by atoms with Gasteiger partial charge in [0.1, 0.15) is 5.75 Å². The molecule has 2 unspecified atom stereocenters. The van der Waals surface area contributed by atoms with Gasteiger partial charge in [-0.25, -0.2) is 4.90 Å². The highest BCUT2D eigenvalue weighted by molar-refractivity contribution is 7.57. The van der Waals surface area contributed by atoms with Crippen molar-refractivity contribution in [2.75, 3.05) is 25.2 Å². The molecule has 0 radical (unpaired) electrons. The molecule has 4 rings (SSSR count). The number of fused-ring (bicyclic) bond motifs is 2. The number of ether oxygens (including phenoxy) is 1. The number of hydrogen-bond donors (Lipinski definition) is 0. The monoisotopic (exact) mass is 458 g/mol. The van der Waals surface area contributed by atoms with Crippen molar-refractivity contribution in [1.29, 1.82) is 0 Å². The lowest BCUT2D eigenvalue weighted by molar-refractivity contribution is -0.128. The van der Waals surface area contributed by atoms with Gasteiger partial charge in [-0.15, -0.1) is 0 Å². The van der Waals surface area contributed by atoms with Crippen LogP contribution in [0.1, 0.15) is 24.2 Å². The Morgan fingerprint density at radius 2 is 1.56 bits per heavy atom. The van der Waals surface area contributed by atoms with E-state index in [4.69, 9.17) is 13.8 Å². The van der Waals surface area contributed by atoms with E-state index in [9.17, 15) is 18.9 Å². The van der Waals surface area contributed by atoms with Gasteiger partial charge in [-0.05, 0) is 38.1 Å². The average Bonchev–Trinajstić information content (AvgIpc) is 2.94. The molecule has 2 atom stereocenters. The zero-order valence-electron chi connectivity index (χ0n) is 17.9. The Bertz CT molecular complexity index is 1110. The molecule has 2 aliphatic heterocycles.